The minimum atomic E-state index is -0.498. The molecule has 1 heterocycles. The first-order chi connectivity index (χ1) is 11.7. The van der Waals surface area contributed by atoms with Crippen LogP contribution < -0.4 is 5.32 Å². The van der Waals surface area contributed by atoms with Gasteiger partial charge in [0.05, 0.1) is 0 Å². The zero-order chi connectivity index (χ0) is 18.4. The Kier molecular flexibility index (Phi) is 6.53. The summed E-state index contributed by atoms with van der Waals surface area (Å²) in [5.41, 5.74) is -0.247. The van der Waals surface area contributed by atoms with Gasteiger partial charge in [0.1, 0.15) is 17.2 Å². The zero-order valence-corrected chi connectivity index (χ0v) is 15.0. The molecule has 0 spiro atoms. The number of nitrogens with zero attached hydrogens (tertiary/aromatic N) is 1. The average Bonchev–Trinajstić information content (AvgIpc) is 2.50. The summed E-state index contributed by atoms with van der Waals surface area (Å²) < 4.78 is 31.9. The number of hydrogen-bond acceptors (Lipinski definition) is 3. The third kappa shape index (κ3) is 6.82. The lowest BCUT2D eigenvalue weighted by atomic mass is 10.1. The van der Waals surface area contributed by atoms with Crippen molar-refractivity contribution in [3.05, 3.63) is 41.5 Å². The first-order valence-corrected chi connectivity index (χ1v) is 8.56. The van der Waals surface area contributed by atoms with Crippen molar-refractivity contribution >= 4 is 12.2 Å². The molecule has 6 heteroatoms. The highest BCUT2D eigenvalue weighted by Gasteiger charge is 2.23. The number of alkyl carbamates (subject to hydrolysis) is 1. The largest absolute Gasteiger partial charge is 0.444 e. The SMILES string of the molecule is CC(C)(C)OC(=O)NC1CCN(C/C=C/c2cc(F)ccc2F)CC1. The number of carbonyl (C=O) groups is 1. The minimum Gasteiger partial charge on any atom is -0.444 e. The highest BCUT2D eigenvalue weighted by molar-refractivity contribution is 5.68. The summed E-state index contributed by atoms with van der Waals surface area (Å²) in [4.78, 5) is 14.0. The Morgan fingerprint density at radius 3 is 2.64 bits per heavy atom. The lowest BCUT2D eigenvalue weighted by Crippen LogP contribution is -2.46. The number of nitrogens with one attached hydrogen (secondary N) is 1. The summed E-state index contributed by atoms with van der Waals surface area (Å²) in [6.07, 6.45) is 4.72. The minimum absolute atomic E-state index is 0.107. The third-order valence-electron chi connectivity index (χ3n) is 3.93. The molecule has 1 saturated heterocycles. The van der Waals surface area contributed by atoms with E-state index in [2.05, 4.69) is 10.2 Å². The molecular weight excluding hydrogens is 326 g/mol. The van der Waals surface area contributed by atoms with Crippen LogP contribution in [0, 0.1) is 11.6 Å². The predicted molar refractivity (Wildman–Crippen MR) is 94.2 cm³/mol. The van der Waals surface area contributed by atoms with E-state index in [0.29, 0.717) is 6.54 Å². The fourth-order valence-electron chi connectivity index (χ4n) is 2.71. The van der Waals surface area contributed by atoms with E-state index in [1.165, 1.54) is 6.07 Å². The number of ether oxygens (including phenoxy) is 1. The van der Waals surface area contributed by atoms with Gasteiger partial charge >= 0.3 is 6.09 Å². The van der Waals surface area contributed by atoms with Crippen molar-refractivity contribution < 1.29 is 18.3 Å². The molecule has 4 nitrogen and oxygen atoms in total. The quantitative estimate of drug-likeness (QED) is 0.892. The number of halogens is 2. The molecule has 1 aromatic rings. The molecular formula is C19H26F2N2O2. The summed E-state index contributed by atoms with van der Waals surface area (Å²) in [5, 5.41) is 2.89. The van der Waals surface area contributed by atoms with Crippen LogP contribution in [0.25, 0.3) is 6.08 Å². The topological polar surface area (TPSA) is 41.6 Å². The summed E-state index contributed by atoms with van der Waals surface area (Å²) in [6.45, 7) is 7.83. The van der Waals surface area contributed by atoms with Gasteiger partial charge in [-0.05, 0) is 51.8 Å². The summed E-state index contributed by atoms with van der Waals surface area (Å²) in [6, 6.07) is 3.52. The van der Waals surface area contributed by atoms with Gasteiger partial charge in [-0.15, -0.1) is 0 Å². The molecule has 25 heavy (non-hydrogen) atoms. The van der Waals surface area contributed by atoms with Crippen molar-refractivity contribution in [2.24, 2.45) is 0 Å². The lowest BCUT2D eigenvalue weighted by Gasteiger charge is -2.32. The van der Waals surface area contributed by atoms with Crippen LogP contribution in [0.3, 0.4) is 0 Å². The van der Waals surface area contributed by atoms with E-state index < -0.39 is 17.2 Å². The second kappa shape index (κ2) is 8.43. The van der Waals surface area contributed by atoms with Crippen LogP contribution in [-0.2, 0) is 4.74 Å². The molecule has 0 bridgehead atoms. The average molecular weight is 352 g/mol. The molecule has 1 amide bonds. The van der Waals surface area contributed by atoms with Crippen molar-refractivity contribution in [1.29, 1.82) is 0 Å². The van der Waals surface area contributed by atoms with Gasteiger partial charge in [0.2, 0.25) is 0 Å². The molecule has 0 aromatic heterocycles. The van der Waals surface area contributed by atoms with Gasteiger partial charge in [0.15, 0.2) is 0 Å². The Morgan fingerprint density at radius 1 is 1.32 bits per heavy atom. The molecule has 0 radical (unpaired) electrons. The fourth-order valence-corrected chi connectivity index (χ4v) is 2.71. The highest BCUT2D eigenvalue weighted by Crippen LogP contribution is 2.14. The Morgan fingerprint density at radius 2 is 2.00 bits per heavy atom. The van der Waals surface area contributed by atoms with Crippen molar-refractivity contribution in [3.63, 3.8) is 0 Å². The third-order valence-corrected chi connectivity index (χ3v) is 3.93. The molecule has 0 unspecified atom stereocenters. The summed E-state index contributed by atoms with van der Waals surface area (Å²) in [7, 11) is 0. The van der Waals surface area contributed by atoms with Crippen LogP contribution >= 0.6 is 0 Å². The highest BCUT2D eigenvalue weighted by atomic mass is 19.1. The molecule has 0 aliphatic carbocycles. The number of piperidine rings is 1. The molecule has 1 fully saturated rings. The Hall–Kier alpha value is -1.95. The molecule has 0 saturated carbocycles. The van der Waals surface area contributed by atoms with Crippen LogP contribution in [0.1, 0.15) is 39.2 Å². The maximum Gasteiger partial charge on any atom is 0.407 e. The normalized spacial score (nSPS) is 17.0. The Bertz CT molecular complexity index is 618. The second-order valence-electron chi connectivity index (χ2n) is 7.29. The molecule has 2 rings (SSSR count). The van der Waals surface area contributed by atoms with Gasteiger partial charge in [-0.3, -0.25) is 4.90 Å². The van der Waals surface area contributed by atoms with Gasteiger partial charge in [-0.2, -0.15) is 0 Å². The van der Waals surface area contributed by atoms with E-state index in [-0.39, 0.29) is 17.7 Å². The monoisotopic (exact) mass is 352 g/mol. The molecule has 0 atom stereocenters. The van der Waals surface area contributed by atoms with E-state index in [9.17, 15) is 13.6 Å². The fraction of sp³-hybridized carbons (Fsp3) is 0.526. The number of benzene rings is 1. The van der Waals surface area contributed by atoms with Gasteiger partial charge < -0.3 is 10.1 Å². The van der Waals surface area contributed by atoms with E-state index in [0.717, 1.165) is 38.1 Å². The van der Waals surface area contributed by atoms with Crippen LogP contribution in [0.4, 0.5) is 13.6 Å². The smallest absolute Gasteiger partial charge is 0.407 e. The number of amides is 1. The molecule has 1 N–H and O–H groups in total. The van der Waals surface area contributed by atoms with Gasteiger partial charge in [-0.25, -0.2) is 13.6 Å². The number of hydrogen-bond donors (Lipinski definition) is 1. The maximum atomic E-state index is 13.5. The molecule has 138 valence electrons. The summed E-state index contributed by atoms with van der Waals surface area (Å²) >= 11 is 0. The summed E-state index contributed by atoms with van der Waals surface area (Å²) in [5.74, 6) is -0.881. The van der Waals surface area contributed by atoms with E-state index >= 15 is 0 Å². The van der Waals surface area contributed by atoms with E-state index in [1.807, 2.05) is 26.8 Å². The maximum absolute atomic E-state index is 13.5. The van der Waals surface area contributed by atoms with Crippen LogP contribution in [0.15, 0.2) is 24.3 Å². The van der Waals surface area contributed by atoms with E-state index in [4.69, 9.17) is 4.74 Å². The zero-order valence-electron chi connectivity index (χ0n) is 15.0. The Balaban J connectivity index is 1.74. The molecule has 1 aliphatic heterocycles. The van der Waals surface area contributed by atoms with E-state index in [1.54, 1.807) is 6.08 Å². The predicted octanol–water partition coefficient (Wildman–Crippen LogP) is 3.97. The number of likely N-dealkylation sites (tertiary alicyclic amines) is 1. The van der Waals surface area contributed by atoms with Crippen molar-refractivity contribution in [1.82, 2.24) is 10.2 Å². The second-order valence-corrected chi connectivity index (χ2v) is 7.29. The first-order valence-electron chi connectivity index (χ1n) is 8.56. The van der Waals surface area contributed by atoms with Gasteiger partial charge in [0, 0.05) is 31.2 Å². The molecule has 1 aromatic carbocycles. The molecule has 1 aliphatic rings. The van der Waals surface area contributed by atoms with Crippen LogP contribution in [0.5, 0.6) is 0 Å². The van der Waals surface area contributed by atoms with Gasteiger partial charge in [-0.1, -0.05) is 12.2 Å². The number of rotatable bonds is 4. The van der Waals surface area contributed by atoms with Crippen molar-refractivity contribution in [2.45, 2.75) is 45.3 Å². The number of carbonyl (C=O) groups excluding carboxylic acids is 1. The van der Waals surface area contributed by atoms with Gasteiger partial charge in [0.25, 0.3) is 0 Å². The first kappa shape index (κ1) is 19.4. The lowest BCUT2D eigenvalue weighted by molar-refractivity contribution is 0.0481. The van der Waals surface area contributed by atoms with Crippen molar-refractivity contribution in [2.75, 3.05) is 19.6 Å². The van der Waals surface area contributed by atoms with Crippen LogP contribution in [0.2, 0.25) is 0 Å². The van der Waals surface area contributed by atoms with Crippen LogP contribution in [-0.4, -0.2) is 42.3 Å². The van der Waals surface area contributed by atoms with Crippen molar-refractivity contribution in [3.8, 4) is 0 Å². The Labute approximate surface area is 147 Å². The standard InChI is InChI=1S/C19H26F2N2O2/c1-19(2,3)25-18(24)22-16-8-11-23(12-9-16)10-4-5-14-13-15(20)6-7-17(14)21/h4-7,13,16H,8-12H2,1-3H3,(H,22,24)/b5-4+.